The lowest BCUT2D eigenvalue weighted by molar-refractivity contribution is 0.421. The van der Waals surface area contributed by atoms with E-state index in [4.69, 9.17) is 0 Å². The second kappa shape index (κ2) is 6.11. The number of hydrogen-bond donors (Lipinski definition) is 2. The molecule has 0 unspecified atom stereocenters. The second-order valence-corrected chi connectivity index (χ2v) is 7.11. The maximum absolute atomic E-state index is 4.52. The second-order valence-electron chi connectivity index (χ2n) is 7.11. The number of nitrogens with one attached hydrogen (secondary N) is 2. The fraction of sp³-hybridized carbons (Fsp3) is 0.421. The highest BCUT2D eigenvalue weighted by Gasteiger charge is 2.28. The summed E-state index contributed by atoms with van der Waals surface area (Å²) in [5.41, 5.74) is 4.32. The third-order valence-corrected chi connectivity index (χ3v) is 5.23. The molecule has 0 radical (unpaired) electrons. The number of rotatable bonds is 4. The largest absolute Gasteiger partial charge is 0.369 e. The number of hydrogen-bond acceptors (Lipinski definition) is 5. The molecular weight excluding hydrogens is 312 g/mol. The van der Waals surface area contributed by atoms with E-state index in [1.165, 1.54) is 36.8 Å². The highest BCUT2D eigenvalue weighted by molar-refractivity contribution is 6.02. The van der Waals surface area contributed by atoms with E-state index < -0.39 is 0 Å². The van der Waals surface area contributed by atoms with Crippen molar-refractivity contribution in [3.05, 3.63) is 37.2 Å². The first-order valence-electron chi connectivity index (χ1n) is 9.11. The lowest BCUT2D eigenvalue weighted by Crippen LogP contribution is -2.46. The van der Waals surface area contributed by atoms with Crippen LogP contribution in [0.4, 0.5) is 5.69 Å². The Kier molecular flexibility index (Phi) is 3.63. The van der Waals surface area contributed by atoms with Crippen LogP contribution in [0, 0.1) is 0 Å². The Morgan fingerprint density at radius 2 is 2.00 bits per heavy atom. The minimum absolute atomic E-state index is 0.590. The Labute approximate surface area is 146 Å². The van der Waals surface area contributed by atoms with E-state index in [-0.39, 0.29) is 0 Å². The molecule has 3 aromatic rings. The molecule has 1 saturated carbocycles. The summed E-state index contributed by atoms with van der Waals surface area (Å²) in [5, 5.41) is 4.97. The molecule has 5 rings (SSSR count). The Bertz CT molecular complexity index is 870. The number of nitrogens with zero attached hydrogens (tertiary/aromatic N) is 4. The zero-order chi connectivity index (χ0) is 16.6. The van der Waals surface area contributed by atoms with Crippen LogP contribution in [-0.2, 0) is 0 Å². The molecule has 0 amide bonds. The summed E-state index contributed by atoms with van der Waals surface area (Å²) in [6.07, 6.45) is 14.4. The summed E-state index contributed by atoms with van der Waals surface area (Å²) in [6, 6.07) is 3.49. The van der Waals surface area contributed by atoms with Gasteiger partial charge in [0.25, 0.3) is 0 Å². The molecule has 1 saturated heterocycles. The molecule has 2 aliphatic rings. The van der Waals surface area contributed by atoms with E-state index >= 15 is 0 Å². The molecule has 0 bridgehead atoms. The summed E-state index contributed by atoms with van der Waals surface area (Å²) < 4.78 is 0. The zero-order valence-corrected chi connectivity index (χ0v) is 14.2. The molecule has 1 aliphatic carbocycles. The summed E-state index contributed by atoms with van der Waals surface area (Å²) in [5.74, 6) is 0. The van der Waals surface area contributed by atoms with Crippen LogP contribution in [0.15, 0.2) is 37.2 Å². The quantitative estimate of drug-likeness (QED) is 0.768. The van der Waals surface area contributed by atoms with Gasteiger partial charge >= 0.3 is 0 Å². The smallest absolute Gasteiger partial charge is 0.139 e. The maximum Gasteiger partial charge on any atom is 0.139 e. The van der Waals surface area contributed by atoms with E-state index in [0.29, 0.717) is 6.04 Å². The normalized spacial score (nSPS) is 21.0. The molecule has 6 heteroatoms. The Morgan fingerprint density at radius 3 is 2.84 bits per heavy atom. The number of pyridine rings is 1. The van der Waals surface area contributed by atoms with Crippen molar-refractivity contribution in [3.8, 4) is 11.1 Å². The fourth-order valence-electron chi connectivity index (χ4n) is 3.88. The first-order valence-corrected chi connectivity index (χ1v) is 9.11. The van der Waals surface area contributed by atoms with Crippen LogP contribution in [0.25, 0.3) is 22.2 Å². The minimum Gasteiger partial charge on any atom is -0.369 e. The Morgan fingerprint density at radius 1 is 1.12 bits per heavy atom. The highest BCUT2D eigenvalue weighted by Crippen LogP contribution is 2.35. The first-order chi connectivity index (χ1) is 12.4. The Hall–Kier alpha value is -2.47. The van der Waals surface area contributed by atoms with Crippen molar-refractivity contribution in [1.82, 2.24) is 25.3 Å². The molecule has 0 aromatic carbocycles. The van der Waals surface area contributed by atoms with E-state index in [1.807, 2.05) is 24.8 Å². The standard InChI is InChI=1S/C19H22N6/c1-2-15(24-14-3-4-14)11-25(7-1)17-5-6-22-19-18(17)16(10-23-19)13-8-20-12-21-9-13/h5-6,8-10,12,14-15,24H,1-4,7,11H2,(H,22,23)/t15-/m0/s1. The van der Waals surface area contributed by atoms with Gasteiger partial charge in [0, 0.05) is 66.8 Å². The van der Waals surface area contributed by atoms with Gasteiger partial charge in [-0.05, 0) is 31.7 Å². The maximum atomic E-state index is 4.52. The van der Waals surface area contributed by atoms with Crippen LogP contribution >= 0.6 is 0 Å². The van der Waals surface area contributed by atoms with Gasteiger partial charge < -0.3 is 15.2 Å². The lowest BCUT2D eigenvalue weighted by atomic mass is 10.0. The van der Waals surface area contributed by atoms with Crippen LogP contribution in [-0.4, -0.2) is 45.1 Å². The third kappa shape index (κ3) is 2.87. The molecule has 2 fully saturated rings. The average molecular weight is 334 g/mol. The van der Waals surface area contributed by atoms with Crippen LogP contribution in [0.5, 0.6) is 0 Å². The topological polar surface area (TPSA) is 69.7 Å². The fourth-order valence-corrected chi connectivity index (χ4v) is 3.88. The van der Waals surface area contributed by atoms with Gasteiger partial charge in [-0.1, -0.05) is 0 Å². The molecule has 0 spiro atoms. The lowest BCUT2D eigenvalue weighted by Gasteiger charge is -2.35. The van der Waals surface area contributed by atoms with Gasteiger partial charge in [-0.25, -0.2) is 15.0 Å². The van der Waals surface area contributed by atoms with E-state index in [1.54, 1.807) is 6.33 Å². The number of H-pyrrole nitrogens is 1. The molecule has 128 valence electrons. The van der Waals surface area contributed by atoms with Crippen LogP contribution < -0.4 is 10.2 Å². The molecule has 1 aliphatic heterocycles. The number of anilines is 1. The highest BCUT2D eigenvalue weighted by atomic mass is 15.2. The van der Waals surface area contributed by atoms with Gasteiger partial charge in [-0.3, -0.25) is 0 Å². The molecule has 6 nitrogen and oxygen atoms in total. The molecular formula is C19H22N6. The number of piperidine rings is 1. The summed E-state index contributed by atoms with van der Waals surface area (Å²) in [6.45, 7) is 2.16. The van der Waals surface area contributed by atoms with Crippen LogP contribution in [0.2, 0.25) is 0 Å². The summed E-state index contributed by atoms with van der Waals surface area (Å²) >= 11 is 0. The number of aromatic nitrogens is 4. The van der Waals surface area contributed by atoms with Gasteiger partial charge in [0.15, 0.2) is 0 Å². The van der Waals surface area contributed by atoms with Gasteiger partial charge in [0.05, 0.1) is 5.39 Å². The van der Waals surface area contributed by atoms with Gasteiger partial charge in [0.2, 0.25) is 0 Å². The molecule has 25 heavy (non-hydrogen) atoms. The predicted octanol–water partition coefficient (Wildman–Crippen LogP) is 2.74. The SMILES string of the molecule is c1ncc(-c2c[nH]c3nccc(N4CCC[C@H](NC5CC5)C4)c23)cn1. The van der Waals surface area contributed by atoms with Crippen molar-refractivity contribution in [3.63, 3.8) is 0 Å². The third-order valence-electron chi connectivity index (χ3n) is 5.23. The molecule has 2 N–H and O–H groups in total. The van der Waals surface area contributed by atoms with Gasteiger partial charge in [-0.15, -0.1) is 0 Å². The van der Waals surface area contributed by atoms with Gasteiger partial charge in [0.1, 0.15) is 12.0 Å². The monoisotopic (exact) mass is 334 g/mol. The summed E-state index contributed by atoms with van der Waals surface area (Å²) in [7, 11) is 0. The van der Waals surface area contributed by atoms with E-state index in [0.717, 1.165) is 35.9 Å². The van der Waals surface area contributed by atoms with Crippen molar-refractivity contribution < 1.29 is 0 Å². The van der Waals surface area contributed by atoms with E-state index in [2.05, 4.69) is 36.2 Å². The minimum atomic E-state index is 0.590. The number of aromatic amines is 1. The van der Waals surface area contributed by atoms with Crippen LogP contribution in [0.1, 0.15) is 25.7 Å². The first kappa shape index (κ1) is 14.8. The van der Waals surface area contributed by atoms with Crippen molar-refractivity contribution in [1.29, 1.82) is 0 Å². The van der Waals surface area contributed by atoms with Crippen LogP contribution in [0.3, 0.4) is 0 Å². The van der Waals surface area contributed by atoms with Crippen molar-refractivity contribution in [2.75, 3.05) is 18.0 Å². The van der Waals surface area contributed by atoms with Gasteiger partial charge in [-0.2, -0.15) is 0 Å². The zero-order valence-electron chi connectivity index (χ0n) is 14.2. The average Bonchev–Trinajstić information content (AvgIpc) is 3.37. The van der Waals surface area contributed by atoms with Crippen molar-refractivity contribution in [2.24, 2.45) is 0 Å². The molecule has 4 heterocycles. The molecule has 3 aromatic heterocycles. The summed E-state index contributed by atoms with van der Waals surface area (Å²) in [4.78, 5) is 18.7. The number of fused-ring (bicyclic) bond motifs is 1. The Balaban J connectivity index is 1.53. The van der Waals surface area contributed by atoms with Crippen molar-refractivity contribution in [2.45, 2.75) is 37.8 Å². The van der Waals surface area contributed by atoms with Crippen molar-refractivity contribution >= 4 is 16.7 Å². The predicted molar refractivity (Wildman–Crippen MR) is 98.5 cm³/mol. The van der Waals surface area contributed by atoms with E-state index in [9.17, 15) is 0 Å². The molecule has 1 atom stereocenters.